The maximum atomic E-state index is 12.6. The van der Waals surface area contributed by atoms with Gasteiger partial charge >= 0.3 is 11.9 Å². The van der Waals surface area contributed by atoms with Gasteiger partial charge < -0.3 is 14.2 Å². The van der Waals surface area contributed by atoms with Crippen LogP contribution in [0.4, 0.5) is 0 Å². The summed E-state index contributed by atoms with van der Waals surface area (Å²) in [5, 5.41) is 0. The van der Waals surface area contributed by atoms with Crippen LogP contribution in [0.2, 0.25) is 0 Å². The molecule has 5 nitrogen and oxygen atoms in total. The van der Waals surface area contributed by atoms with E-state index in [0.717, 1.165) is 12.2 Å². The van der Waals surface area contributed by atoms with E-state index in [1.165, 1.54) is 69.8 Å². The van der Waals surface area contributed by atoms with Crippen molar-refractivity contribution < 1.29 is 23.8 Å². The van der Waals surface area contributed by atoms with Crippen molar-refractivity contribution in [2.45, 2.75) is 83.5 Å². The van der Waals surface area contributed by atoms with Gasteiger partial charge in [-0.1, -0.05) is 70.4 Å². The van der Waals surface area contributed by atoms with Crippen LogP contribution < -0.4 is 14.2 Å². The van der Waals surface area contributed by atoms with Gasteiger partial charge in [0.25, 0.3) is 0 Å². The van der Waals surface area contributed by atoms with E-state index in [0.29, 0.717) is 35.2 Å². The summed E-state index contributed by atoms with van der Waals surface area (Å²) < 4.78 is 16.8. The van der Waals surface area contributed by atoms with Gasteiger partial charge in [-0.25, -0.2) is 9.59 Å². The van der Waals surface area contributed by atoms with Gasteiger partial charge in [0.05, 0.1) is 17.7 Å². The predicted octanol–water partition coefficient (Wildman–Crippen LogP) is 8.91. The Labute approximate surface area is 232 Å². The van der Waals surface area contributed by atoms with Crippen molar-refractivity contribution in [3.05, 3.63) is 89.5 Å². The Kier molecular flexibility index (Phi) is 11.0. The van der Waals surface area contributed by atoms with Crippen LogP contribution in [0.25, 0.3) is 0 Å². The number of carbonyl (C=O) groups is 2. The molecule has 0 aliphatic heterocycles. The van der Waals surface area contributed by atoms with Crippen LogP contribution in [0.15, 0.2) is 72.8 Å². The van der Waals surface area contributed by atoms with Gasteiger partial charge in [-0.2, -0.15) is 0 Å². The summed E-state index contributed by atoms with van der Waals surface area (Å²) in [5.41, 5.74) is 2.26. The van der Waals surface area contributed by atoms with Gasteiger partial charge in [-0.3, -0.25) is 0 Å². The second kappa shape index (κ2) is 15.1. The second-order valence-electron chi connectivity index (χ2n) is 10.3. The molecule has 0 atom stereocenters. The Hall–Kier alpha value is -3.60. The molecule has 206 valence electrons. The molecule has 1 aliphatic rings. The van der Waals surface area contributed by atoms with Crippen LogP contribution in [0.1, 0.15) is 110 Å². The molecule has 4 rings (SSSR count). The molecule has 0 radical (unpaired) electrons. The van der Waals surface area contributed by atoms with E-state index in [1.54, 1.807) is 48.5 Å². The lowest BCUT2D eigenvalue weighted by Crippen LogP contribution is -2.10. The SMILES string of the molecule is CCCCCCCCOc1ccc(C(=O)Oc2ccc(OC(=O)c3ccc(C4CCCCC4)cc3)cc2)cc1. The molecule has 0 N–H and O–H groups in total. The van der Waals surface area contributed by atoms with E-state index >= 15 is 0 Å². The van der Waals surface area contributed by atoms with Crippen LogP contribution >= 0.6 is 0 Å². The largest absolute Gasteiger partial charge is 0.494 e. The summed E-state index contributed by atoms with van der Waals surface area (Å²) in [6.45, 7) is 2.90. The lowest BCUT2D eigenvalue weighted by Gasteiger charge is -2.21. The highest BCUT2D eigenvalue weighted by molar-refractivity contribution is 5.92. The number of rotatable bonds is 13. The van der Waals surface area contributed by atoms with Crippen LogP contribution in [0, 0.1) is 0 Å². The van der Waals surface area contributed by atoms with E-state index in [-0.39, 0.29) is 0 Å². The first-order chi connectivity index (χ1) is 19.1. The Bertz CT molecular complexity index is 1160. The zero-order chi connectivity index (χ0) is 27.3. The highest BCUT2D eigenvalue weighted by Crippen LogP contribution is 2.32. The summed E-state index contributed by atoms with van der Waals surface area (Å²) in [7, 11) is 0. The minimum atomic E-state index is -0.458. The number of esters is 2. The first-order valence-electron chi connectivity index (χ1n) is 14.5. The average molecular weight is 529 g/mol. The van der Waals surface area contributed by atoms with Gasteiger partial charge in [0.1, 0.15) is 17.2 Å². The lowest BCUT2D eigenvalue weighted by atomic mass is 9.84. The van der Waals surface area contributed by atoms with Gasteiger partial charge in [0.2, 0.25) is 0 Å². The van der Waals surface area contributed by atoms with Crippen molar-refractivity contribution in [3.8, 4) is 17.2 Å². The quantitative estimate of drug-likeness (QED) is 0.126. The molecule has 39 heavy (non-hydrogen) atoms. The number of carbonyl (C=O) groups excluding carboxylic acids is 2. The second-order valence-corrected chi connectivity index (χ2v) is 10.3. The molecule has 0 amide bonds. The Morgan fingerprint density at radius 3 is 1.67 bits per heavy atom. The third kappa shape index (κ3) is 8.98. The zero-order valence-corrected chi connectivity index (χ0v) is 23.0. The van der Waals surface area contributed by atoms with Gasteiger partial charge in [-0.05, 0) is 91.4 Å². The van der Waals surface area contributed by atoms with Crippen molar-refractivity contribution >= 4 is 11.9 Å². The molecule has 1 aliphatic carbocycles. The molecule has 0 spiro atoms. The van der Waals surface area contributed by atoms with Crippen molar-refractivity contribution in [2.75, 3.05) is 6.61 Å². The lowest BCUT2D eigenvalue weighted by molar-refractivity contribution is 0.0719. The number of ether oxygens (including phenoxy) is 3. The fraction of sp³-hybridized carbons (Fsp3) is 0.412. The zero-order valence-electron chi connectivity index (χ0n) is 23.0. The Morgan fingerprint density at radius 2 is 1.10 bits per heavy atom. The minimum Gasteiger partial charge on any atom is -0.494 e. The topological polar surface area (TPSA) is 61.8 Å². The first kappa shape index (κ1) is 28.4. The summed E-state index contributed by atoms with van der Waals surface area (Å²) in [6, 6.07) is 21.2. The van der Waals surface area contributed by atoms with E-state index < -0.39 is 11.9 Å². The fourth-order valence-corrected chi connectivity index (χ4v) is 4.99. The number of unbranched alkanes of at least 4 members (excludes halogenated alkanes) is 5. The molecule has 3 aromatic carbocycles. The van der Waals surface area contributed by atoms with E-state index in [1.807, 2.05) is 24.3 Å². The Balaban J connectivity index is 1.21. The molecular formula is C34H40O5. The normalized spacial score (nSPS) is 13.6. The molecular weight excluding hydrogens is 488 g/mol. The minimum absolute atomic E-state index is 0.375. The fourth-order valence-electron chi connectivity index (χ4n) is 4.99. The average Bonchev–Trinajstić information content (AvgIpc) is 2.98. The van der Waals surface area contributed by atoms with Gasteiger partial charge in [0, 0.05) is 0 Å². The summed E-state index contributed by atoms with van der Waals surface area (Å²) >= 11 is 0. The highest BCUT2D eigenvalue weighted by Gasteiger charge is 2.17. The van der Waals surface area contributed by atoms with Crippen molar-refractivity contribution in [2.24, 2.45) is 0 Å². The standard InChI is InChI=1S/C34H40O5/c1-2-3-4-5-6-10-25-37-30-19-17-29(18-20-30)34(36)39-32-23-21-31(22-24-32)38-33(35)28-15-13-27(14-16-28)26-11-8-7-9-12-26/h13-24,26H,2-12,25H2,1H3. The monoisotopic (exact) mass is 528 g/mol. The molecule has 1 fully saturated rings. The highest BCUT2D eigenvalue weighted by atomic mass is 16.5. The summed E-state index contributed by atoms with van der Waals surface area (Å²) in [6.07, 6.45) is 13.6. The maximum absolute atomic E-state index is 12.6. The smallest absolute Gasteiger partial charge is 0.343 e. The molecule has 0 unspecified atom stereocenters. The number of hydrogen-bond acceptors (Lipinski definition) is 5. The van der Waals surface area contributed by atoms with Crippen LogP contribution in [0.5, 0.6) is 17.2 Å². The third-order valence-electron chi connectivity index (χ3n) is 7.32. The molecule has 3 aromatic rings. The molecule has 5 heteroatoms. The van der Waals surface area contributed by atoms with Crippen LogP contribution in [-0.4, -0.2) is 18.5 Å². The third-order valence-corrected chi connectivity index (χ3v) is 7.32. The molecule has 0 saturated heterocycles. The molecule has 1 saturated carbocycles. The van der Waals surface area contributed by atoms with Gasteiger partial charge in [-0.15, -0.1) is 0 Å². The first-order valence-corrected chi connectivity index (χ1v) is 14.5. The van der Waals surface area contributed by atoms with E-state index in [9.17, 15) is 9.59 Å². The van der Waals surface area contributed by atoms with E-state index in [4.69, 9.17) is 14.2 Å². The number of hydrogen-bond donors (Lipinski definition) is 0. The number of benzene rings is 3. The van der Waals surface area contributed by atoms with Gasteiger partial charge in [0.15, 0.2) is 0 Å². The van der Waals surface area contributed by atoms with Crippen LogP contribution in [0.3, 0.4) is 0 Å². The summed E-state index contributed by atoms with van der Waals surface area (Å²) in [4.78, 5) is 25.1. The maximum Gasteiger partial charge on any atom is 0.343 e. The van der Waals surface area contributed by atoms with Crippen molar-refractivity contribution in [1.82, 2.24) is 0 Å². The molecule has 0 bridgehead atoms. The van der Waals surface area contributed by atoms with E-state index in [2.05, 4.69) is 6.92 Å². The molecule has 0 heterocycles. The summed E-state index contributed by atoms with van der Waals surface area (Å²) in [5.74, 6) is 1.24. The molecule has 0 aromatic heterocycles. The van der Waals surface area contributed by atoms with Crippen LogP contribution in [-0.2, 0) is 0 Å². The van der Waals surface area contributed by atoms with Crippen molar-refractivity contribution in [1.29, 1.82) is 0 Å². The predicted molar refractivity (Wildman–Crippen MR) is 154 cm³/mol. The Morgan fingerprint density at radius 1 is 0.615 bits per heavy atom. The van der Waals surface area contributed by atoms with Crippen molar-refractivity contribution in [3.63, 3.8) is 0 Å².